The van der Waals surface area contributed by atoms with Crippen LogP contribution in [-0.2, 0) is 19.4 Å². The molecule has 0 amide bonds. The van der Waals surface area contributed by atoms with Crippen LogP contribution in [0.2, 0.25) is 0 Å². The first-order valence-corrected chi connectivity index (χ1v) is 8.11. The van der Waals surface area contributed by atoms with Crippen LogP contribution in [-0.4, -0.2) is 38.0 Å². The molecule has 110 valence electrons. The van der Waals surface area contributed by atoms with E-state index in [1.54, 1.807) is 13.0 Å². The van der Waals surface area contributed by atoms with E-state index in [0.717, 1.165) is 0 Å². The number of sulfone groups is 1. The molecule has 1 fully saturated rings. The summed E-state index contributed by atoms with van der Waals surface area (Å²) in [4.78, 5) is 12.1. The number of carbonyl (C=O) groups is 1. The van der Waals surface area contributed by atoms with Gasteiger partial charge in [0, 0.05) is 0 Å². The first kappa shape index (κ1) is 14.8. The maximum Gasteiger partial charge on any atom is 0.332 e. The highest BCUT2D eigenvalue weighted by atomic mass is 32.2. The molecular weight excluding hydrogens is 285 g/mol. The van der Waals surface area contributed by atoms with Crippen molar-refractivity contribution in [1.29, 1.82) is 0 Å². The van der Waals surface area contributed by atoms with Gasteiger partial charge in [-0.25, -0.2) is 17.6 Å². The quantitative estimate of drug-likeness (QED) is 0.850. The lowest BCUT2D eigenvalue weighted by Gasteiger charge is -2.27. The summed E-state index contributed by atoms with van der Waals surface area (Å²) in [5, 5.41) is 2.73. The van der Waals surface area contributed by atoms with Gasteiger partial charge in [0.1, 0.15) is 5.82 Å². The van der Waals surface area contributed by atoms with Crippen molar-refractivity contribution in [2.45, 2.75) is 18.9 Å². The monoisotopic (exact) mass is 301 g/mol. The normalized spacial score (nSPS) is 24.3. The van der Waals surface area contributed by atoms with Gasteiger partial charge in [-0.15, -0.1) is 0 Å². The lowest BCUT2D eigenvalue weighted by atomic mass is 9.98. The summed E-state index contributed by atoms with van der Waals surface area (Å²) in [5.74, 6) is -1.70. The van der Waals surface area contributed by atoms with Crippen molar-refractivity contribution in [2.24, 2.45) is 0 Å². The van der Waals surface area contributed by atoms with Crippen molar-refractivity contribution in [2.75, 3.05) is 23.4 Å². The highest BCUT2D eigenvalue weighted by Crippen LogP contribution is 2.30. The molecule has 0 aromatic heterocycles. The molecule has 7 heteroatoms. The first-order valence-electron chi connectivity index (χ1n) is 6.29. The number of ether oxygens (including phenoxy) is 1. The molecule has 0 saturated carbocycles. The Labute approximate surface area is 117 Å². The SMILES string of the molecule is CCOC(=O)C1(Nc2ccccc2F)CCS(=O)(=O)C1. The van der Waals surface area contributed by atoms with E-state index in [-0.39, 0.29) is 30.2 Å². The minimum atomic E-state index is -3.34. The van der Waals surface area contributed by atoms with Crippen LogP contribution in [0.5, 0.6) is 0 Å². The summed E-state index contributed by atoms with van der Waals surface area (Å²) in [7, 11) is -3.34. The summed E-state index contributed by atoms with van der Waals surface area (Å²) in [6.07, 6.45) is 0.0719. The van der Waals surface area contributed by atoms with Gasteiger partial charge in [0.15, 0.2) is 15.4 Å². The Morgan fingerprint density at radius 3 is 2.70 bits per heavy atom. The Kier molecular flexibility index (Phi) is 3.99. The molecule has 1 atom stereocenters. The van der Waals surface area contributed by atoms with E-state index in [9.17, 15) is 17.6 Å². The van der Waals surface area contributed by atoms with Gasteiger partial charge in [-0.1, -0.05) is 12.1 Å². The summed E-state index contributed by atoms with van der Waals surface area (Å²) in [6, 6.07) is 5.82. The second-order valence-electron chi connectivity index (χ2n) is 4.75. The van der Waals surface area contributed by atoms with Crippen molar-refractivity contribution < 1.29 is 22.3 Å². The molecule has 1 aromatic rings. The molecule has 0 radical (unpaired) electrons. The highest BCUT2D eigenvalue weighted by molar-refractivity contribution is 7.91. The third-order valence-electron chi connectivity index (χ3n) is 3.22. The number of benzene rings is 1. The van der Waals surface area contributed by atoms with Crippen LogP contribution in [0.3, 0.4) is 0 Å². The first-order chi connectivity index (χ1) is 9.38. The van der Waals surface area contributed by atoms with Crippen molar-refractivity contribution in [3.05, 3.63) is 30.1 Å². The molecule has 1 unspecified atom stereocenters. The molecule has 0 spiro atoms. The molecule has 1 heterocycles. The Bertz CT molecular complexity index is 617. The third kappa shape index (κ3) is 2.92. The second kappa shape index (κ2) is 5.40. The van der Waals surface area contributed by atoms with Crippen LogP contribution in [0, 0.1) is 5.82 Å². The lowest BCUT2D eigenvalue weighted by Crippen LogP contribution is -2.49. The van der Waals surface area contributed by atoms with Crippen LogP contribution in [0.1, 0.15) is 13.3 Å². The third-order valence-corrected chi connectivity index (χ3v) is 4.98. The van der Waals surface area contributed by atoms with E-state index < -0.39 is 27.2 Å². The molecule has 20 heavy (non-hydrogen) atoms. The number of hydrogen-bond donors (Lipinski definition) is 1. The van der Waals surface area contributed by atoms with E-state index in [0.29, 0.717) is 0 Å². The molecule has 5 nitrogen and oxygen atoms in total. The van der Waals surface area contributed by atoms with Gasteiger partial charge in [-0.2, -0.15) is 0 Å². The molecule has 1 saturated heterocycles. The summed E-state index contributed by atoms with van der Waals surface area (Å²) < 4.78 is 42.0. The van der Waals surface area contributed by atoms with E-state index in [4.69, 9.17) is 4.74 Å². The maximum atomic E-state index is 13.7. The van der Waals surface area contributed by atoms with Crippen LogP contribution < -0.4 is 5.32 Å². The summed E-state index contributed by atoms with van der Waals surface area (Å²) >= 11 is 0. The Hall–Kier alpha value is -1.63. The van der Waals surface area contributed by atoms with E-state index >= 15 is 0 Å². The van der Waals surface area contributed by atoms with Gasteiger partial charge < -0.3 is 10.1 Å². The average Bonchev–Trinajstić information content (AvgIpc) is 2.70. The van der Waals surface area contributed by atoms with Crippen molar-refractivity contribution >= 4 is 21.5 Å². The molecule has 2 rings (SSSR count). The van der Waals surface area contributed by atoms with Crippen LogP contribution in [0.15, 0.2) is 24.3 Å². The smallest absolute Gasteiger partial charge is 0.332 e. The molecule has 0 aliphatic carbocycles. The number of carbonyl (C=O) groups excluding carboxylic acids is 1. The fraction of sp³-hybridized carbons (Fsp3) is 0.462. The lowest BCUT2D eigenvalue weighted by molar-refractivity contribution is -0.147. The van der Waals surface area contributed by atoms with Crippen molar-refractivity contribution in [3.63, 3.8) is 0 Å². The van der Waals surface area contributed by atoms with Crippen LogP contribution in [0.4, 0.5) is 10.1 Å². The number of anilines is 1. The van der Waals surface area contributed by atoms with Gasteiger partial charge in [0.05, 0.1) is 23.8 Å². The standard InChI is InChI=1S/C13H16FNO4S/c1-2-19-12(16)13(7-8-20(17,18)9-13)15-11-6-4-3-5-10(11)14/h3-6,15H,2,7-9H2,1H3. The molecule has 0 bridgehead atoms. The van der Waals surface area contributed by atoms with Crippen molar-refractivity contribution in [3.8, 4) is 0 Å². The van der Waals surface area contributed by atoms with Gasteiger partial charge in [-0.3, -0.25) is 0 Å². The minimum Gasteiger partial charge on any atom is -0.464 e. The van der Waals surface area contributed by atoms with Crippen LogP contribution in [0.25, 0.3) is 0 Å². The zero-order valence-electron chi connectivity index (χ0n) is 11.1. The molecule has 1 aliphatic heterocycles. The molecule has 1 aromatic carbocycles. The molecular formula is C13H16FNO4S. The van der Waals surface area contributed by atoms with E-state index in [1.165, 1.54) is 18.2 Å². The fourth-order valence-corrected chi connectivity index (χ4v) is 4.14. The number of halogens is 1. The predicted molar refractivity (Wildman–Crippen MR) is 72.7 cm³/mol. The van der Waals surface area contributed by atoms with Crippen LogP contribution >= 0.6 is 0 Å². The highest BCUT2D eigenvalue weighted by Gasteiger charge is 2.49. The Balaban J connectivity index is 2.34. The zero-order valence-corrected chi connectivity index (χ0v) is 11.9. The van der Waals surface area contributed by atoms with Crippen molar-refractivity contribution in [1.82, 2.24) is 0 Å². The number of para-hydroxylation sites is 1. The molecule has 1 N–H and O–H groups in total. The van der Waals surface area contributed by atoms with Gasteiger partial charge in [0.2, 0.25) is 0 Å². The van der Waals surface area contributed by atoms with Gasteiger partial charge >= 0.3 is 5.97 Å². The second-order valence-corrected chi connectivity index (χ2v) is 6.93. The summed E-state index contributed by atoms with van der Waals surface area (Å²) in [6.45, 7) is 1.78. The van der Waals surface area contributed by atoms with E-state index in [2.05, 4.69) is 5.32 Å². The Morgan fingerprint density at radius 2 is 2.15 bits per heavy atom. The Morgan fingerprint density at radius 1 is 1.45 bits per heavy atom. The van der Waals surface area contributed by atoms with Gasteiger partial charge in [-0.05, 0) is 25.5 Å². The van der Waals surface area contributed by atoms with E-state index in [1.807, 2.05) is 0 Å². The summed E-state index contributed by atoms with van der Waals surface area (Å²) in [5.41, 5.74) is -1.31. The zero-order chi connectivity index (χ0) is 14.8. The number of rotatable bonds is 4. The molecule has 1 aliphatic rings. The predicted octanol–water partition coefficient (Wildman–Crippen LogP) is 1.36. The largest absolute Gasteiger partial charge is 0.464 e. The van der Waals surface area contributed by atoms with Gasteiger partial charge in [0.25, 0.3) is 0 Å². The fourth-order valence-electron chi connectivity index (χ4n) is 2.25. The average molecular weight is 301 g/mol. The minimum absolute atomic E-state index is 0.0719. The topological polar surface area (TPSA) is 72.5 Å². The number of hydrogen-bond acceptors (Lipinski definition) is 5. The number of nitrogens with one attached hydrogen (secondary N) is 1. The maximum absolute atomic E-state index is 13.7. The number of esters is 1.